The number of carbonyl (C=O) groups excluding carboxylic acids is 1. The quantitative estimate of drug-likeness (QED) is 0.750. The first-order valence-corrected chi connectivity index (χ1v) is 7.90. The van der Waals surface area contributed by atoms with Gasteiger partial charge in [-0.15, -0.1) is 11.8 Å². The molecule has 0 spiro atoms. The van der Waals surface area contributed by atoms with Gasteiger partial charge >= 0.3 is 6.18 Å². The van der Waals surface area contributed by atoms with E-state index in [1.54, 1.807) is 24.3 Å². The fourth-order valence-electron chi connectivity index (χ4n) is 2.04. The van der Waals surface area contributed by atoms with Crippen molar-refractivity contribution in [3.63, 3.8) is 0 Å². The Morgan fingerprint density at radius 1 is 1.04 bits per heavy atom. The molecule has 2 aromatic rings. The molecule has 0 atom stereocenters. The predicted octanol–water partition coefficient (Wildman–Crippen LogP) is 5.46. The summed E-state index contributed by atoms with van der Waals surface area (Å²) in [4.78, 5) is 13.1. The zero-order valence-electron chi connectivity index (χ0n) is 12.6. The van der Waals surface area contributed by atoms with E-state index in [0.29, 0.717) is 5.56 Å². The third-order valence-corrected chi connectivity index (χ3v) is 4.06. The topological polar surface area (TPSA) is 29.1 Å². The van der Waals surface area contributed by atoms with Gasteiger partial charge in [-0.3, -0.25) is 4.79 Å². The highest BCUT2D eigenvalue weighted by Crippen LogP contribution is 2.35. The minimum atomic E-state index is -4.52. The van der Waals surface area contributed by atoms with Crippen molar-refractivity contribution in [3.8, 4) is 0 Å². The molecule has 0 radical (unpaired) electrons. The van der Waals surface area contributed by atoms with Crippen LogP contribution in [0.3, 0.4) is 0 Å². The fraction of sp³-hybridized carbons (Fsp3) is 0.235. The summed E-state index contributed by atoms with van der Waals surface area (Å²) >= 11 is 1.49. The first-order valence-electron chi connectivity index (χ1n) is 7.02. The summed E-state index contributed by atoms with van der Waals surface area (Å²) in [5, 5.41) is 2.63. The smallest absolute Gasteiger partial charge is 0.321 e. The molecule has 2 aromatic carbocycles. The van der Waals surface area contributed by atoms with Gasteiger partial charge < -0.3 is 5.32 Å². The van der Waals surface area contributed by atoms with Gasteiger partial charge in [0.1, 0.15) is 0 Å². The van der Waals surface area contributed by atoms with Crippen LogP contribution in [-0.4, -0.2) is 11.2 Å². The molecule has 6 heteroatoms. The van der Waals surface area contributed by atoms with E-state index >= 15 is 0 Å². The molecule has 0 aliphatic carbocycles. The predicted molar refractivity (Wildman–Crippen MR) is 86.8 cm³/mol. The molecule has 1 amide bonds. The zero-order chi connectivity index (χ0) is 17.0. The summed E-state index contributed by atoms with van der Waals surface area (Å²) in [6, 6.07) is 11.8. The van der Waals surface area contributed by atoms with Crippen molar-refractivity contribution < 1.29 is 18.0 Å². The van der Waals surface area contributed by atoms with Gasteiger partial charge in [-0.05, 0) is 24.3 Å². The van der Waals surface area contributed by atoms with Crippen LogP contribution in [0.1, 0.15) is 29.8 Å². The number of hydrogen-bond acceptors (Lipinski definition) is 2. The fourth-order valence-corrected chi connectivity index (χ4v) is 2.99. The van der Waals surface area contributed by atoms with E-state index in [9.17, 15) is 18.0 Å². The lowest BCUT2D eigenvalue weighted by Crippen LogP contribution is -2.17. The molecule has 2 nitrogen and oxygen atoms in total. The molecule has 0 saturated heterocycles. The third-order valence-electron chi connectivity index (χ3n) is 2.98. The Hall–Kier alpha value is -1.95. The monoisotopic (exact) mass is 339 g/mol. The molecular weight excluding hydrogens is 323 g/mol. The van der Waals surface area contributed by atoms with E-state index in [1.165, 1.54) is 30.0 Å². The Kier molecular flexibility index (Phi) is 5.36. The number of halogens is 3. The summed E-state index contributed by atoms with van der Waals surface area (Å²) in [5.41, 5.74) is -0.736. The lowest BCUT2D eigenvalue weighted by atomic mass is 10.1. The molecule has 0 aromatic heterocycles. The highest BCUT2D eigenvalue weighted by molar-refractivity contribution is 8.00. The minimum absolute atomic E-state index is 0.241. The second-order valence-electron chi connectivity index (χ2n) is 5.16. The van der Waals surface area contributed by atoms with E-state index < -0.39 is 17.6 Å². The first-order chi connectivity index (χ1) is 10.8. The Balaban J connectivity index is 2.31. The Bertz CT molecular complexity index is 698. The van der Waals surface area contributed by atoms with E-state index in [1.807, 2.05) is 13.8 Å². The van der Waals surface area contributed by atoms with Crippen LogP contribution >= 0.6 is 11.8 Å². The molecule has 122 valence electrons. The SMILES string of the molecule is CC(C)Sc1ccccc1C(=O)Nc1ccccc1C(F)(F)F. The summed E-state index contributed by atoms with van der Waals surface area (Å²) in [6.45, 7) is 3.97. The van der Waals surface area contributed by atoms with Gasteiger partial charge in [0, 0.05) is 10.1 Å². The van der Waals surface area contributed by atoms with Crippen LogP contribution in [0, 0.1) is 0 Å². The molecule has 0 heterocycles. The first kappa shape index (κ1) is 17.4. The van der Waals surface area contributed by atoms with Gasteiger partial charge in [0.05, 0.1) is 16.8 Å². The van der Waals surface area contributed by atoms with Crippen LogP contribution in [0.15, 0.2) is 53.4 Å². The number of nitrogens with one attached hydrogen (secondary N) is 1. The maximum Gasteiger partial charge on any atom is 0.418 e. The number of para-hydroxylation sites is 1. The van der Waals surface area contributed by atoms with Crippen LogP contribution in [0.2, 0.25) is 0 Å². The largest absolute Gasteiger partial charge is 0.418 e. The Labute approximate surface area is 137 Å². The van der Waals surface area contributed by atoms with Crippen molar-refractivity contribution >= 4 is 23.4 Å². The summed E-state index contributed by atoms with van der Waals surface area (Å²) in [5.74, 6) is -0.551. The third kappa shape index (κ3) is 4.51. The van der Waals surface area contributed by atoms with Crippen LogP contribution < -0.4 is 5.32 Å². The van der Waals surface area contributed by atoms with E-state index in [-0.39, 0.29) is 10.9 Å². The van der Waals surface area contributed by atoms with Crippen molar-refractivity contribution in [2.24, 2.45) is 0 Å². The molecule has 0 bridgehead atoms. The summed E-state index contributed by atoms with van der Waals surface area (Å²) in [6.07, 6.45) is -4.52. The summed E-state index contributed by atoms with van der Waals surface area (Å²) < 4.78 is 39.0. The number of benzene rings is 2. The van der Waals surface area contributed by atoms with Gasteiger partial charge in [-0.25, -0.2) is 0 Å². The highest BCUT2D eigenvalue weighted by Gasteiger charge is 2.33. The molecule has 0 aliphatic rings. The average Bonchev–Trinajstić information content (AvgIpc) is 2.46. The molecule has 0 unspecified atom stereocenters. The van der Waals surface area contributed by atoms with Gasteiger partial charge in [-0.1, -0.05) is 38.1 Å². The molecular formula is C17H16F3NOS. The van der Waals surface area contributed by atoms with Crippen molar-refractivity contribution in [2.75, 3.05) is 5.32 Å². The number of amides is 1. The van der Waals surface area contributed by atoms with Crippen molar-refractivity contribution in [2.45, 2.75) is 30.2 Å². The van der Waals surface area contributed by atoms with E-state index in [2.05, 4.69) is 5.32 Å². The second kappa shape index (κ2) is 7.08. The number of rotatable bonds is 4. The lowest BCUT2D eigenvalue weighted by molar-refractivity contribution is -0.136. The number of alkyl halides is 3. The number of anilines is 1. The average molecular weight is 339 g/mol. The number of thioether (sulfide) groups is 1. The summed E-state index contributed by atoms with van der Waals surface area (Å²) in [7, 11) is 0. The maximum absolute atomic E-state index is 13.0. The molecule has 1 N–H and O–H groups in total. The van der Waals surface area contributed by atoms with Crippen LogP contribution in [-0.2, 0) is 6.18 Å². The standard InChI is InChI=1S/C17H16F3NOS/c1-11(2)23-15-10-6-3-7-12(15)16(22)21-14-9-5-4-8-13(14)17(18,19)20/h3-11H,1-2H3,(H,21,22). The van der Waals surface area contributed by atoms with Crippen molar-refractivity contribution in [3.05, 3.63) is 59.7 Å². The van der Waals surface area contributed by atoms with E-state index in [4.69, 9.17) is 0 Å². The van der Waals surface area contributed by atoms with Gasteiger partial charge in [0.15, 0.2) is 0 Å². The maximum atomic E-state index is 13.0. The molecule has 23 heavy (non-hydrogen) atoms. The highest BCUT2D eigenvalue weighted by atomic mass is 32.2. The second-order valence-corrected chi connectivity index (χ2v) is 6.78. The van der Waals surface area contributed by atoms with E-state index in [0.717, 1.165) is 11.0 Å². The molecule has 0 aliphatic heterocycles. The molecule has 2 rings (SSSR count). The Morgan fingerprint density at radius 3 is 2.30 bits per heavy atom. The van der Waals surface area contributed by atoms with Crippen LogP contribution in [0.25, 0.3) is 0 Å². The van der Waals surface area contributed by atoms with Crippen molar-refractivity contribution in [1.82, 2.24) is 0 Å². The van der Waals surface area contributed by atoms with Crippen molar-refractivity contribution in [1.29, 1.82) is 0 Å². The zero-order valence-corrected chi connectivity index (χ0v) is 13.5. The van der Waals surface area contributed by atoms with Gasteiger partial charge in [0.2, 0.25) is 0 Å². The minimum Gasteiger partial charge on any atom is -0.321 e. The van der Waals surface area contributed by atoms with Crippen LogP contribution in [0.5, 0.6) is 0 Å². The molecule has 0 fully saturated rings. The number of hydrogen-bond donors (Lipinski definition) is 1. The molecule has 0 saturated carbocycles. The normalized spacial score (nSPS) is 11.6. The van der Waals surface area contributed by atoms with Crippen LogP contribution in [0.4, 0.5) is 18.9 Å². The van der Waals surface area contributed by atoms with Gasteiger partial charge in [0.25, 0.3) is 5.91 Å². The number of carbonyl (C=O) groups is 1. The Morgan fingerprint density at radius 2 is 1.65 bits per heavy atom. The lowest BCUT2D eigenvalue weighted by Gasteiger charge is -2.15. The van der Waals surface area contributed by atoms with Gasteiger partial charge in [-0.2, -0.15) is 13.2 Å².